The SMILES string of the molecule is Cc1cnc(CCNC(=O)c2ccc([C@@H]3CCCN(Cc4ccccn4)C3)nc2)s1. The number of piperidine rings is 1. The highest BCUT2D eigenvalue weighted by Gasteiger charge is 2.23. The van der Waals surface area contributed by atoms with Gasteiger partial charge < -0.3 is 5.32 Å². The molecule has 1 atom stereocenters. The second-order valence-corrected chi connectivity index (χ2v) is 9.06. The lowest BCUT2D eigenvalue weighted by Gasteiger charge is -2.32. The topological polar surface area (TPSA) is 71.0 Å². The number of nitrogens with zero attached hydrogens (tertiary/aromatic N) is 4. The standard InChI is InChI=1S/C23H27N5OS/c1-17-13-27-22(30-17)9-11-25-23(29)18-7-8-21(26-14-18)19-5-4-12-28(15-19)16-20-6-2-3-10-24-20/h2-3,6-8,10,13-14,19H,4-5,9,11-12,15-16H2,1H3,(H,25,29)/t19-/m1/s1. The molecule has 0 aromatic carbocycles. The molecule has 3 aromatic heterocycles. The fraction of sp³-hybridized carbons (Fsp3) is 0.391. The van der Waals surface area contributed by atoms with Gasteiger partial charge in [0.1, 0.15) is 0 Å². The van der Waals surface area contributed by atoms with Gasteiger partial charge in [0.25, 0.3) is 5.91 Å². The van der Waals surface area contributed by atoms with Crippen LogP contribution in [0.1, 0.15) is 50.4 Å². The predicted octanol–water partition coefficient (Wildman–Crippen LogP) is 3.59. The van der Waals surface area contributed by atoms with Gasteiger partial charge in [0.2, 0.25) is 0 Å². The van der Waals surface area contributed by atoms with Crippen LogP contribution < -0.4 is 5.32 Å². The van der Waals surface area contributed by atoms with Crippen molar-refractivity contribution in [3.8, 4) is 0 Å². The molecule has 0 aliphatic carbocycles. The van der Waals surface area contributed by atoms with Gasteiger partial charge in [0.15, 0.2) is 0 Å². The van der Waals surface area contributed by atoms with Gasteiger partial charge in [-0.1, -0.05) is 6.07 Å². The summed E-state index contributed by atoms with van der Waals surface area (Å²) in [4.78, 5) is 29.4. The molecule has 4 heterocycles. The highest BCUT2D eigenvalue weighted by atomic mass is 32.1. The molecule has 1 aliphatic rings. The Labute approximate surface area is 181 Å². The van der Waals surface area contributed by atoms with E-state index in [2.05, 4.69) is 31.2 Å². The van der Waals surface area contributed by atoms with Crippen molar-refractivity contribution in [2.75, 3.05) is 19.6 Å². The first-order chi connectivity index (χ1) is 14.7. The highest BCUT2D eigenvalue weighted by molar-refractivity contribution is 7.11. The minimum absolute atomic E-state index is 0.0808. The molecule has 7 heteroatoms. The van der Waals surface area contributed by atoms with E-state index in [1.165, 1.54) is 4.88 Å². The molecule has 1 saturated heterocycles. The third-order valence-electron chi connectivity index (χ3n) is 5.38. The Morgan fingerprint density at radius 3 is 2.87 bits per heavy atom. The lowest BCUT2D eigenvalue weighted by molar-refractivity contribution is 0.0953. The molecule has 1 fully saturated rings. The van der Waals surface area contributed by atoms with Gasteiger partial charge in [-0.3, -0.25) is 19.7 Å². The first-order valence-electron chi connectivity index (χ1n) is 10.4. The molecule has 0 unspecified atom stereocenters. The third kappa shape index (κ3) is 5.49. The lowest BCUT2D eigenvalue weighted by Crippen LogP contribution is -2.34. The Balaban J connectivity index is 1.29. The van der Waals surface area contributed by atoms with Crippen molar-refractivity contribution in [3.05, 3.63) is 75.8 Å². The van der Waals surface area contributed by atoms with Crippen LogP contribution in [0.2, 0.25) is 0 Å². The number of carbonyl (C=O) groups is 1. The molecule has 6 nitrogen and oxygen atoms in total. The quantitative estimate of drug-likeness (QED) is 0.631. The molecule has 3 aromatic rings. The van der Waals surface area contributed by atoms with Crippen LogP contribution in [0, 0.1) is 6.92 Å². The summed E-state index contributed by atoms with van der Waals surface area (Å²) >= 11 is 1.67. The lowest BCUT2D eigenvalue weighted by atomic mass is 9.94. The Morgan fingerprint density at radius 2 is 2.13 bits per heavy atom. The van der Waals surface area contributed by atoms with Gasteiger partial charge in [0, 0.05) is 61.1 Å². The maximum absolute atomic E-state index is 12.4. The molecule has 1 amide bonds. The largest absolute Gasteiger partial charge is 0.352 e. The summed E-state index contributed by atoms with van der Waals surface area (Å²) in [6.07, 6.45) is 8.45. The van der Waals surface area contributed by atoms with E-state index in [1.54, 1.807) is 17.5 Å². The van der Waals surface area contributed by atoms with Crippen LogP contribution in [0.15, 0.2) is 48.9 Å². The van der Waals surface area contributed by atoms with E-state index in [9.17, 15) is 4.79 Å². The molecular weight excluding hydrogens is 394 g/mol. The maximum Gasteiger partial charge on any atom is 0.252 e. The summed E-state index contributed by atoms with van der Waals surface area (Å²) in [5.41, 5.74) is 2.77. The van der Waals surface area contributed by atoms with Crippen molar-refractivity contribution in [2.24, 2.45) is 0 Å². The van der Waals surface area contributed by atoms with Crippen LogP contribution in [0.4, 0.5) is 0 Å². The number of carbonyl (C=O) groups excluding carboxylic acids is 1. The number of hydrogen-bond donors (Lipinski definition) is 1. The summed E-state index contributed by atoms with van der Waals surface area (Å²) in [5, 5.41) is 4.01. The van der Waals surface area contributed by atoms with Crippen LogP contribution in [0.3, 0.4) is 0 Å². The van der Waals surface area contributed by atoms with E-state index in [0.29, 0.717) is 18.0 Å². The molecule has 156 valence electrons. The van der Waals surface area contributed by atoms with Gasteiger partial charge in [-0.2, -0.15) is 0 Å². The number of likely N-dealkylation sites (tertiary alicyclic amines) is 1. The second-order valence-electron chi connectivity index (χ2n) is 7.74. The highest BCUT2D eigenvalue weighted by Crippen LogP contribution is 2.26. The summed E-state index contributed by atoms with van der Waals surface area (Å²) in [5.74, 6) is 0.315. The van der Waals surface area contributed by atoms with E-state index < -0.39 is 0 Å². The molecule has 0 saturated carbocycles. The zero-order valence-electron chi connectivity index (χ0n) is 17.3. The number of amides is 1. The maximum atomic E-state index is 12.4. The Kier molecular flexibility index (Phi) is 6.81. The number of aromatic nitrogens is 3. The molecular formula is C23H27N5OS. The molecule has 30 heavy (non-hydrogen) atoms. The van der Waals surface area contributed by atoms with Crippen molar-refractivity contribution in [3.63, 3.8) is 0 Å². The van der Waals surface area contributed by atoms with Crippen LogP contribution in [-0.2, 0) is 13.0 Å². The zero-order chi connectivity index (χ0) is 20.8. The van der Waals surface area contributed by atoms with Gasteiger partial charge in [-0.05, 0) is 50.6 Å². The summed E-state index contributed by atoms with van der Waals surface area (Å²) in [6, 6.07) is 9.96. The van der Waals surface area contributed by atoms with Crippen molar-refractivity contribution < 1.29 is 4.79 Å². The van der Waals surface area contributed by atoms with E-state index in [-0.39, 0.29) is 5.91 Å². The molecule has 1 N–H and O–H groups in total. The predicted molar refractivity (Wildman–Crippen MR) is 119 cm³/mol. The van der Waals surface area contributed by atoms with E-state index in [0.717, 1.165) is 55.3 Å². The number of rotatable bonds is 7. The van der Waals surface area contributed by atoms with Crippen molar-refractivity contribution >= 4 is 17.2 Å². The summed E-state index contributed by atoms with van der Waals surface area (Å²) < 4.78 is 0. The molecule has 0 spiro atoms. The molecule has 0 bridgehead atoms. The minimum atomic E-state index is -0.0808. The summed E-state index contributed by atoms with van der Waals surface area (Å²) in [6.45, 7) is 5.56. The first-order valence-corrected chi connectivity index (χ1v) is 11.3. The van der Waals surface area contributed by atoms with E-state index >= 15 is 0 Å². The summed E-state index contributed by atoms with van der Waals surface area (Å²) in [7, 11) is 0. The van der Waals surface area contributed by atoms with Crippen LogP contribution >= 0.6 is 11.3 Å². The fourth-order valence-corrected chi connectivity index (χ4v) is 4.63. The number of thiazole rings is 1. The Morgan fingerprint density at radius 1 is 1.20 bits per heavy atom. The number of aryl methyl sites for hydroxylation is 1. The first kappa shape index (κ1) is 20.6. The van der Waals surface area contributed by atoms with Crippen molar-refractivity contribution in [2.45, 2.75) is 38.6 Å². The monoisotopic (exact) mass is 421 g/mol. The van der Waals surface area contributed by atoms with Gasteiger partial charge in [0.05, 0.1) is 16.3 Å². The number of nitrogens with one attached hydrogen (secondary N) is 1. The Bertz CT molecular complexity index is 957. The smallest absolute Gasteiger partial charge is 0.252 e. The fourth-order valence-electron chi connectivity index (χ4n) is 3.84. The van der Waals surface area contributed by atoms with Gasteiger partial charge >= 0.3 is 0 Å². The van der Waals surface area contributed by atoms with E-state index in [4.69, 9.17) is 0 Å². The third-order valence-corrected chi connectivity index (χ3v) is 6.35. The van der Waals surface area contributed by atoms with Crippen molar-refractivity contribution in [1.29, 1.82) is 0 Å². The number of hydrogen-bond acceptors (Lipinski definition) is 6. The van der Waals surface area contributed by atoms with Crippen LogP contribution in [0.5, 0.6) is 0 Å². The van der Waals surface area contributed by atoms with Gasteiger partial charge in [-0.15, -0.1) is 11.3 Å². The minimum Gasteiger partial charge on any atom is -0.352 e. The zero-order valence-corrected chi connectivity index (χ0v) is 18.1. The second kappa shape index (κ2) is 9.91. The molecule has 0 radical (unpaired) electrons. The normalized spacial score (nSPS) is 17.0. The van der Waals surface area contributed by atoms with E-state index in [1.807, 2.05) is 43.6 Å². The van der Waals surface area contributed by atoms with Crippen LogP contribution in [0.25, 0.3) is 0 Å². The molecule has 4 rings (SSSR count). The molecule has 1 aliphatic heterocycles. The average Bonchev–Trinajstić information content (AvgIpc) is 3.20. The number of pyridine rings is 2. The van der Waals surface area contributed by atoms with Crippen molar-refractivity contribution in [1.82, 2.24) is 25.2 Å². The Hall–Kier alpha value is -2.64. The average molecular weight is 422 g/mol. The van der Waals surface area contributed by atoms with Gasteiger partial charge in [-0.25, -0.2) is 4.98 Å². The van der Waals surface area contributed by atoms with Crippen LogP contribution in [-0.4, -0.2) is 45.4 Å².